The van der Waals surface area contributed by atoms with Gasteiger partial charge < -0.3 is 10.0 Å². The number of β-amino-alcohol motifs (C(OH)–C–C–N with tert-alkyl or cyclic N) is 1. The lowest BCUT2D eigenvalue weighted by Gasteiger charge is -2.46. The zero-order valence-electron chi connectivity index (χ0n) is 9.93. The Bertz CT molecular complexity index is 405. The van der Waals surface area contributed by atoms with Crippen LogP contribution in [0.3, 0.4) is 0 Å². The number of amides is 1. The zero-order chi connectivity index (χ0) is 12.3. The Morgan fingerprint density at radius 1 is 1.65 bits per heavy atom. The third-order valence-corrected chi connectivity index (χ3v) is 3.77. The Balaban J connectivity index is 1.83. The molecule has 4 heteroatoms. The average Bonchev–Trinajstić information content (AvgIpc) is 2.75. The Morgan fingerprint density at radius 3 is 3.00 bits per heavy atom. The predicted octanol–water partition coefficient (Wildman–Crippen LogP) is 2.13. The maximum Gasteiger partial charge on any atom is 0.246 e. The Hall–Kier alpha value is -1.13. The molecule has 2 heterocycles. The van der Waals surface area contributed by atoms with E-state index in [9.17, 15) is 9.90 Å². The van der Waals surface area contributed by atoms with Gasteiger partial charge in [0, 0.05) is 11.0 Å². The van der Waals surface area contributed by atoms with Crippen LogP contribution in [0.25, 0.3) is 6.08 Å². The molecule has 3 nitrogen and oxygen atoms in total. The molecule has 0 bridgehead atoms. The molecular weight excluding hydrogens is 234 g/mol. The first-order valence-electron chi connectivity index (χ1n) is 5.86. The maximum absolute atomic E-state index is 11.7. The van der Waals surface area contributed by atoms with Gasteiger partial charge in [-0.25, -0.2) is 0 Å². The first-order chi connectivity index (χ1) is 8.13. The highest BCUT2D eigenvalue weighted by Gasteiger charge is 2.41. The van der Waals surface area contributed by atoms with Crippen molar-refractivity contribution in [3.8, 4) is 0 Å². The molecule has 1 amide bonds. The van der Waals surface area contributed by atoms with Crippen molar-refractivity contribution in [2.24, 2.45) is 0 Å². The van der Waals surface area contributed by atoms with Crippen LogP contribution < -0.4 is 0 Å². The number of carbonyl (C=O) groups is 1. The van der Waals surface area contributed by atoms with Crippen LogP contribution in [0.4, 0.5) is 0 Å². The van der Waals surface area contributed by atoms with E-state index in [4.69, 9.17) is 0 Å². The maximum atomic E-state index is 11.7. The molecule has 1 N–H and O–H groups in total. The van der Waals surface area contributed by atoms with Gasteiger partial charge in [0.15, 0.2) is 0 Å². The summed E-state index contributed by atoms with van der Waals surface area (Å²) < 4.78 is 0. The van der Waals surface area contributed by atoms with Crippen LogP contribution in [0.2, 0.25) is 0 Å². The predicted molar refractivity (Wildman–Crippen MR) is 69.8 cm³/mol. The molecule has 0 spiro atoms. The Kier molecular flexibility index (Phi) is 3.64. The average molecular weight is 251 g/mol. The molecule has 92 valence electrons. The number of thiophene rings is 1. The smallest absolute Gasteiger partial charge is 0.246 e. The highest BCUT2D eigenvalue weighted by atomic mass is 32.1. The Labute approximate surface area is 105 Å². The van der Waals surface area contributed by atoms with Crippen LogP contribution in [0, 0.1) is 0 Å². The van der Waals surface area contributed by atoms with Crippen LogP contribution in [0.1, 0.15) is 24.6 Å². The van der Waals surface area contributed by atoms with Gasteiger partial charge in [0.25, 0.3) is 0 Å². The van der Waals surface area contributed by atoms with Crippen LogP contribution in [-0.4, -0.2) is 34.6 Å². The molecule has 0 unspecified atom stereocenters. The molecule has 1 aliphatic rings. The van der Waals surface area contributed by atoms with Crippen molar-refractivity contribution in [2.75, 3.05) is 13.1 Å². The van der Waals surface area contributed by atoms with Gasteiger partial charge in [-0.1, -0.05) is 19.4 Å². The van der Waals surface area contributed by atoms with Crippen LogP contribution in [-0.2, 0) is 4.79 Å². The van der Waals surface area contributed by atoms with Crippen molar-refractivity contribution in [1.29, 1.82) is 0 Å². The van der Waals surface area contributed by atoms with Gasteiger partial charge in [-0.2, -0.15) is 0 Å². The van der Waals surface area contributed by atoms with Crippen molar-refractivity contribution in [2.45, 2.75) is 25.4 Å². The van der Waals surface area contributed by atoms with Crippen LogP contribution in [0.5, 0.6) is 0 Å². The summed E-state index contributed by atoms with van der Waals surface area (Å²) in [6.07, 6.45) is 5.12. The summed E-state index contributed by atoms with van der Waals surface area (Å²) in [5.41, 5.74) is -0.638. The summed E-state index contributed by atoms with van der Waals surface area (Å²) in [6, 6.07) is 3.93. The molecule has 0 atom stereocenters. The number of nitrogens with zero attached hydrogens (tertiary/aromatic N) is 1. The lowest BCUT2D eigenvalue weighted by molar-refractivity contribution is -0.151. The summed E-state index contributed by atoms with van der Waals surface area (Å²) in [5.74, 6) is -0.0146. The fourth-order valence-electron chi connectivity index (χ4n) is 2.09. The SMILES string of the molecule is CCCC1(O)CN(C(=O)C=Cc2cccs2)C1. The number of hydrogen-bond acceptors (Lipinski definition) is 3. The largest absolute Gasteiger partial charge is 0.386 e. The lowest BCUT2D eigenvalue weighted by atomic mass is 9.89. The molecule has 2 rings (SSSR count). The minimum absolute atomic E-state index is 0.0146. The highest BCUT2D eigenvalue weighted by molar-refractivity contribution is 7.10. The summed E-state index contributed by atoms with van der Waals surface area (Å²) in [4.78, 5) is 14.5. The normalized spacial score (nSPS) is 18.4. The number of carbonyl (C=O) groups excluding carboxylic acids is 1. The molecule has 0 aromatic carbocycles. The molecule has 0 saturated carbocycles. The van der Waals surface area contributed by atoms with E-state index in [1.165, 1.54) is 0 Å². The number of likely N-dealkylation sites (tertiary alicyclic amines) is 1. The molecule has 1 fully saturated rings. The standard InChI is InChI=1S/C13H17NO2S/c1-2-7-13(16)9-14(10-13)12(15)6-5-11-4-3-8-17-11/h3-6,8,16H,2,7,9-10H2,1H3. The van der Waals surface area contributed by atoms with E-state index in [0.29, 0.717) is 13.1 Å². The fraction of sp³-hybridized carbons (Fsp3) is 0.462. The molecule has 1 aliphatic heterocycles. The van der Waals surface area contributed by atoms with E-state index < -0.39 is 5.60 Å². The number of aliphatic hydroxyl groups is 1. The van der Waals surface area contributed by atoms with Crippen molar-refractivity contribution < 1.29 is 9.90 Å². The lowest BCUT2D eigenvalue weighted by Crippen LogP contribution is -2.63. The quantitative estimate of drug-likeness (QED) is 0.833. The molecule has 0 aliphatic carbocycles. The minimum Gasteiger partial charge on any atom is -0.386 e. The van der Waals surface area contributed by atoms with Gasteiger partial charge in [-0.05, 0) is 23.9 Å². The monoisotopic (exact) mass is 251 g/mol. The van der Waals surface area contributed by atoms with E-state index in [1.807, 2.05) is 30.5 Å². The van der Waals surface area contributed by atoms with Gasteiger partial charge in [0.1, 0.15) is 0 Å². The third kappa shape index (κ3) is 2.96. The molecule has 1 aromatic heterocycles. The van der Waals surface area contributed by atoms with E-state index >= 15 is 0 Å². The highest BCUT2D eigenvalue weighted by Crippen LogP contribution is 2.26. The van der Waals surface area contributed by atoms with Crippen molar-refractivity contribution in [3.05, 3.63) is 28.5 Å². The van der Waals surface area contributed by atoms with E-state index in [0.717, 1.165) is 17.7 Å². The van der Waals surface area contributed by atoms with Gasteiger partial charge in [-0.3, -0.25) is 4.79 Å². The van der Waals surface area contributed by atoms with Crippen LogP contribution in [0.15, 0.2) is 23.6 Å². The van der Waals surface area contributed by atoms with Gasteiger partial charge in [0.2, 0.25) is 5.91 Å². The second-order valence-corrected chi connectivity index (χ2v) is 5.50. The first kappa shape index (κ1) is 12.3. The Morgan fingerprint density at radius 2 is 2.41 bits per heavy atom. The third-order valence-electron chi connectivity index (χ3n) is 2.93. The molecule has 17 heavy (non-hydrogen) atoms. The van der Waals surface area contributed by atoms with Crippen molar-refractivity contribution >= 4 is 23.3 Å². The number of rotatable bonds is 4. The summed E-state index contributed by atoms with van der Waals surface area (Å²) in [7, 11) is 0. The van der Waals surface area contributed by atoms with E-state index in [1.54, 1.807) is 22.3 Å². The van der Waals surface area contributed by atoms with E-state index in [-0.39, 0.29) is 5.91 Å². The second kappa shape index (κ2) is 5.02. The molecule has 1 aromatic rings. The van der Waals surface area contributed by atoms with Gasteiger partial charge in [0.05, 0.1) is 18.7 Å². The summed E-state index contributed by atoms with van der Waals surface area (Å²) in [5, 5.41) is 11.9. The summed E-state index contributed by atoms with van der Waals surface area (Å²) in [6.45, 7) is 2.97. The van der Waals surface area contributed by atoms with E-state index in [2.05, 4.69) is 0 Å². The van der Waals surface area contributed by atoms with Gasteiger partial charge in [-0.15, -0.1) is 11.3 Å². The second-order valence-electron chi connectivity index (χ2n) is 4.52. The van der Waals surface area contributed by atoms with Crippen molar-refractivity contribution in [1.82, 2.24) is 4.90 Å². The summed E-state index contributed by atoms with van der Waals surface area (Å²) >= 11 is 1.60. The van der Waals surface area contributed by atoms with Crippen molar-refractivity contribution in [3.63, 3.8) is 0 Å². The number of hydrogen-bond donors (Lipinski definition) is 1. The molecular formula is C13H17NO2S. The molecule has 1 saturated heterocycles. The fourth-order valence-corrected chi connectivity index (χ4v) is 2.71. The molecule has 0 radical (unpaired) electrons. The first-order valence-corrected chi connectivity index (χ1v) is 6.74. The minimum atomic E-state index is -0.638. The van der Waals surface area contributed by atoms with Gasteiger partial charge >= 0.3 is 0 Å². The zero-order valence-corrected chi connectivity index (χ0v) is 10.7. The topological polar surface area (TPSA) is 40.5 Å². The van der Waals surface area contributed by atoms with Crippen LogP contribution >= 0.6 is 11.3 Å².